The van der Waals surface area contributed by atoms with Crippen LogP contribution in [0, 0.1) is 11.3 Å². The summed E-state index contributed by atoms with van der Waals surface area (Å²) in [7, 11) is 0. The molecule has 1 aliphatic rings. The molecule has 0 saturated heterocycles. The number of ether oxygens (including phenoxy) is 1. The molecule has 1 amide bonds. The first-order chi connectivity index (χ1) is 7.94. The summed E-state index contributed by atoms with van der Waals surface area (Å²) in [5, 5.41) is 8.79. The second-order valence-electron chi connectivity index (χ2n) is 5.52. The van der Waals surface area contributed by atoms with Crippen molar-refractivity contribution in [2.75, 3.05) is 13.2 Å². The lowest BCUT2D eigenvalue weighted by molar-refractivity contribution is -0.142. The van der Waals surface area contributed by atoms with Gasteiger partial charge in [0.25, 0.3) is 0 Å². The monoisotopic (exact) mass is 238 g/mol. The zero-order valence-electron chi connectivity index (χ0n) is 11.0. The van der Waals surface area contributed by atoms with Crippen molar-refractivity contribution in [3.63, 3.8) is 0 Å². The summed E-state index contributed by atoms with van der Waals surface area (Å²) in [5.74, 6) is -0.0617. The van der Waals surface area contributed by atoms with Crippen molar-refractivity contribution >= 4 is 5.91 Å². The molecule has 0 aromatic rings. The quantitative estimate of drug-likeness (QED) is 0.705. The molecule has 1 saturated carbocycles. The number of nitrogens with zero attached hydrogens (tertiary/aromatic N) is 2. The van der Waals surface area contributed by atoms with Gasteiger partial charge in [0.1, 0.15) is 13.2 Å². The lowest BCUT2D eigenvalue weighted by Gasteiger charge is -2.28. The van der Waals surface area contributed by atoms with E-state index in [0.717, 1.165) is 25.7 Å². The van der Waals surface area contributed by atoms with Gasteiger partial charge < -0.3 is 9.64 Å². The van der Waals surface area contributed by atoms with Gasteiger partial charge in [0.05, 0.1) is 11.7 Å². The van der Waals surface area contributed by atoms with Gasteiger partial charge in [-0.3, -0.25) is 4.79 Å². The van der Waals surface area contributed by atoms with Crippen LogP contribution in [-0.2, 0) is 9.53 Å². The minimum Gasteiger partial charge on any atom is -0.366 e. The zero-order valence-corrected chi connectivity index (χ0v) is 11.0. The van der Waals surface area contributed by atoms with Crippen LogP contribution < -0.4 is 0 Å². The summed E-state index contributed by atoms with van der Waals surface area (Å²) in [5.41, 5.74) is -0.316. The van der Waals surface area contributed by atoms with E-state index in [1.54, 1.807) is 4.90 Å². The maximum absolute atomic E-state index is 12.0. The molecule has 1 aliphatic carbocycles. The van der Waals surface area contributed by atoms with Gasteiger partial charge in [-0.05, 0) is 33.6 Å². The molecule has 4 nitrogen and oxygen atoms in total. The molecule has 0 atom stereocenters. The molecule has 0 aromatic heterocycles. The Morgan fingerprint density at radius 2 is 2.00 bits per heavy atom. The molecule has 0 unspecified atom stereocenters. The summed E-state index contributed by atoms with van der Waals surface area (Å²) < 4.78 is 5.48. The first-order valence-corrected chi connectivity index (χ1v) is 6.24. The van der Waals surface area contributed by atoms with Crippen molar-refractivity contribution in [2.45, 2.75) is 58.1 Å². The molecule has 0 N–H and O–H groups in total. The fraction of sp³-hybridized carbons (Fsp3) is 0.846. The topological polar surface area (TPSA) is 53.3 Å². The normalized spacial score (nSPS) is 16.8. The molecule has 0 radical (unpaired) electrons. The maximum atomic E-state index is 12.0. The average Bonchev–Trinajstić information content (AvgIpc) is 2.74. The van der Waals surface area contributed by atoms with Crippen LogP contribution in [0.3, 0.4) is 0 Å². The van der Waals surface area contributed by atoms with E-state index in [1.807, 2.05) is 20.8 Å². The third-order valence-electron chi connectivity index (χ3n) is 2.96. The number of nitriles is 1. The van der Waals surface area contributed by atoms with E-state index in [0.29, 0.717) is 0 Å². The number of hydrogen-bond donors (Lipinski definition) is 0. The summed E-state index contributed by atoms with van der Waals surface area (Å²) in [6, 6.07) is 2.31. The maximum Gasteiger partial charge on any atom is 0.249 e. The van der Waals surface area contributed by atoms with Gasteiger partial charge in [0.15, 0.2) is 0 Å². The second-order valence-corrected chi connectivity index (χ2v) is 5.52. The molecule has 4 heteroatoms. The molecule has 0 heterocycles. The van der Waals surface area contributed by atoms with Crippen LogP contribution in [-0.4, -0.2) is 35.6 Å². The molecule has 1 rings (SSSR count). The highest BCUT2D eigenvalue weighted by molar-refractivity contribution is 5.78. The molecule has 0 bridgehead atoms. The Labute approximate surface area is 104 Å². The Bertz CT molecular complexity index is 296. The van der Waals surface area contributed by atoms with Crippen molar-refractivity contribution in [2.24, 2.45) is 0 Å². The Morgan fingerprint density at radius 1 is 1.41 bits per heavy atom. The van der Waals surface area contributed by atoms with Crippen molar-refractivity contribution in [3.05, 3.63) is 0 Å². The molecular formula is C13H22N2O2. The zero-order chi connectivity index (χ0) is 12.9. The van der Waals surface area contributed by atoms with Crippen LogP contribution in [0.1, 0.15) is 46.5 Å². The van der Waals surface area contributed by atoms with Crippen molar-refractivity contribution in [3.8, 4) is 6.07 Å². The van der Waals surface area contributed by atoms with Crippen molar-refractivity contribution in [1.29, 1.82) is 5.26 Å². The highest BCUT2D eigenvalue weighted by atomic mass is 16.5. The Balaban J connectivity index is 2.52. The lowest BCUT2D eigenvalue weighted by Crippen LogP contribution is -2.42. The minimum absolute atomic E-state index is 0.0617. The molecule has 17 heavy (non-hydrogen) atoms. The first kappa shape index (κ1) is 14.0. The van der Waals surface area contributed by atoms with Crippen molar-refractivity contribution < 1.29 is 9.53 Å². The van der Waals surface area contributed by atoms with Gasteiger partial charge in [0.2, 0.25) is 5.91 Å². The predicted octanol–water partition coefficient (Wildman–Crippen LogP) is 2.10. The van der Waals surface area contributed by atoms with Gasteiger partial charge >= 0.3 is 0 Å². The number of hydrogen-bond acceptors (Lipinski definition) is 3. The van der Waals surface area contributed by atoms with Gasteiger partial charge in [0, 0.05) is 6.04 Å². The number of carbonyl (C=O) groups is 1. The molecule has 1 fully saturated rings. The third kappa shape index (κ3) is 4.74. The van der Waals surface area contributed by atoms with Crippen LogP contribution >= 0.6 is 0 Å². The van der Waals surface area contributed by atoms with Crippen molar-refractivity contribution in [1.82, 2.24) is 4.90 Å². The lowest BCUT2D eigenvalue weighted by atomic mass is 10.2. The van der Waals surface area contributed by atoms with Crippen LogP contribution in [0.5, 0.6) is 0 Å². The number of amides is 1. The molecule has 0 aromatic carbocycles. The van der Waals surface area contributed by atoms with E-state index in [2.05, 4.69) is 6.07 Å². The smallest absolute Gasteiger partial charge is 0.249 e. The van der Waals surface area contributed by atoms with Gasteiger partial charge in [-0.1, -0.05) is 12.8 Å². The van der Waals surface area contributed by atoms with Gasteiger partial charge in [-0.15, -0.1) is 0 Å². The summed E-state index contributed by atoms with van der Waals surface area (Å²) in [4.78, 5) is 13.7. The van der Waals surface area contributed by atoms with Crippen LogP contribution in [0.25, 0.3) is 0 Å². The fourth-order valence-electron chi connectivity index (χ4n) is 2.07. The van der Waals surface area contributed by atoms with E-state index < -0.39 is 0 Å². The van der Waals surface area contributed by atoms with Gasteiger partial charge in [-0.25, -0.2) is 0 Å². The van der Waals surface area contributed by atoms with Gasteiger partial charge in [-0.2, -0.15) is 5.26 Å². The first-order valence-electron chi connectivity index (χ1n) is 6.24. The van der Waals surface area contributed by atoms with E-state index in [1.165, 1.54) is 0 Å². The molecular weight excluding hydrogens is 216 g/mol. The highest BCUT2D eigenvalue weighted by Gasteiger charge is 2.27. The highest BCUT2D eigenvalue weighted by Crippen LogP contribution is 2.23. The summed E-state index contributed by atoms with van der Waals surface area (Å²) >= 11 is 0. The molecule has 0 spiro atoms. The summed E-state index contributed by atoms with van der Waals surface area (Å²) in [6.45, 7) is 6.01. The van der Waals surface area contributed by atoms with E-state index >= 15 is 0 Å². The Kier molecular flexibility index (Phi) is 4.95. The second kappa shape index (κ2) is 6.02. The third-order valence-corrected chi connectivity index (χ3v) is 2.96. The standard InChI is InChI=1S/C13H22N2O2/c1-13(2,3)17-10-12(16)15(9-8-14)11-6-4-5-7-11/h11H,4-7,9-10H2,1-3H3. The average molecular weight is 238 g/mol. The molecule has 0 aliphatic heterocycles. The number of carbonyl (C=O) groups excluding carboxylic acids is 1. The SMILES string of the molecule is CC(C)(C)OCC(=O)N(CC#N)C1CCCC1. The number of rotatable bonds is 4. The van der Waals surface area contributed by atoms with Crippen LogP contribution in [0.4, 0.5) is 0 Å². The predicted molar refractivity (Wildman–Crippen MR) is 65.3 cm³/mol. The van der Waals surface area contributed by atoms with E-state index in [9.17, 15) is 4.79 Å². The molecule has 96 valence electrons. The Hall–Kier alpha value is -1.08. The van der Waals surface area contributed by atoms with E-state index in [4.69, 9.17) is 10.00 Å². The fourth-order valence-corrected chi connectivity index (χ4v) is 2.07. The largest absolute Gasteiger partial charge is 0.366 e. The van der Waals surface area contributed by atoms with Crippen LogP contribution in [0.15, 0.2) is 0 Å². The Morgan fingerprint density at radius 3 is 2.47 bits per heavy atom. The minimum atomic E-state index is -0.316. The summed E-state index contributed by atoms with van der Waals surface area (Å²) in [6.07, 6.45) is 4.34. The van der Waals surface area contributed by atoms with E-state index in [-0.39, 0.29) is 30.7 Å². The van der Waals surface area contributed by atoms with Crippen LogP contribution in [0.2, 0.25) is 0 Å².